The zero-order valence-electron chi connectivity index (χ0n) is 13.4. The third-order valence-corrected chi connectivity index (χ3v) is 5.60. The van der Waals surface area contributed by atoms with Crippen LogP contribution in [-0.2, 0) is 16.4 Å². The maximum atomic E-state index is 12.9. The number of nitrogens with one attached hydrogen (secondary N) is 1. The minimum Gasteiger partial charge on any atom is -0.348 e. The highest BCUT2D eigenvalue weighted by Gasteiger charge is 2.23. The Morgan fingerprint density at radius 2 is 1.32 bits per heavy atom. The molecule has 0 heterocycles. The molecule has 1 amide bonds. The Hall–Kier alpha value is -2.92. The molecule has 0 aromatic heterocycles. The van der Waals surface area contributed by atoms with Gasteiger partial charge in [-0.25, -0.2) is 8.42 Å². The van der Waals surface area contributed by atoms with Crippen LogP contribution in [0.2, 0.25) is 0 Å². The highest BCUT2D eigenvalue weighted by atomic mass is 32.2. The van der Waals surface area contributed by atoms with Crippen molar-refractivity contribution in [3.05, 3.63) is 96.1 Å². The summed E-state index contributed by atoms with van der Waals surface area (Å²) in [6.45, 7) is 0.333. The molecular formula is C20H17NO3S. The first-order valence-electron chi connectivity index (χ1n) is 7.80. The van der Waals surface area contributed by atoms with Gasteiger partial charge in [-0.05, 0) is 29.8 Å². The van der Waals surface area contributed by atoms with Crippen LogP contribution in [0.15, 0.2) is 94.7 Å². The highest BCUT2D eigenvalue weighted by molar-refractivity contribution is 7.91. The summed E-state index contributed by atoms with van der Waals surface area (Å²) in [5.41, 5.74) is 1.08. The zero-order valence-corrected chi connectivity index (χ0v) is 14.2. The second-order valence-corrected chi connectivity index (χ2v) is 7.40. The fraction of sp³-hybridized carbons (Fsp3) is 0.0500. The van der Waals surface area contributed by atoms with E-state index in [-0.39, 0.29) is 15.4 Å². The van der Waals surface area contributed by atoms with Gasteiger partial charge in [-0.2, -0.15) is 0 Å². The Labute approximate surface area is 147 Å². The largest absolute Gasteiger partial charge is 0.348 e. The number of hydrogen-bond donors (Lipinski definition) is 1. The lowest BCUT2D eigenvalue weighted by Crippen LogP contribution is -2.24. The van der Waals surface area contributed by atoms with E-state index in [2.05, 4.69) is 5.32 Å². The van der Waals surface area contributed by atoms with Gasteiger partial charge in [0.15, 0.2) is 0 Å². The van der Waals surface area contributed by atoms with Crippen molar-refractivity contribution in [3.8, 4) is 0 Å². The molecule has 0 saturated heterocycles. The van der Waals surface area contributed by atoms with E-state index in [0.717, 1.165) is 5.56 Å². The fourth-order valence-electron chi connectivity index (χ4n) is 2.49. The summed E-state index contributed by atoms with van der Waals surface area (Å²) >= 11 is 0. The first-order chi connectivity index (χ1) is 12.1. The maximum absolute atomic E-state index is 12.9. The molecule has 25 heavy (non-hydrogen) atoms. The van der Waals surface area contributed by atoms with Gasteiger partial charge in [0.1, 0.15) is 0 Å². The summed E-state index contributed by atoms with van der Waals surface area (Å²) in [6, 6.07) is 23.8. The van der Waals surface area contributed by atoms with Crippen LogP contribution in [0.5, 0.6) is 0 Å². The van der Waals surface area contributed by atoms with Crippen LogP contribution < -0.4 is 5.32 Å². The van der Waals surface area contributed by atoms with E-state index in [1.54, 1.807) is 30.3 Å². The normalized spacial score (nSPS) is 11.0. The third kappa shape index (κ3) is 3.78. The van der Waals surface area contributed by atoms with E-state index in [9.17, 15) is 13.2 Å². The molecule has 5 heteroatoms. The van der Waals surface area contributed by atoms with E-state index in [1.807, 2.05) is 30.3 Å². The molecule has 0 bridgehead atoms. The van der Waals surface area contributed by atoms with Crippen LogP contribution in [0.3, 0.4) is 0 Å². The minimum atomic E-state index is -3.76. The van der Waals surface area contributed by atoms with Crippen LogP contribution in [0, 0.1) is 0 Å². The van der Waals surface area contributed by atoms with Gasteiger partial charge in [0.2, 0.25) is 9.84 Å². The second kappa shape index (κ2) is 7.32. The van der Waals surface area contributed by atoms with Crippen molar-refractivity contribution >= 4 is 15.7 Å². The van der Waals surface area contributed by atoms with Gasteiger partial charge in [0.05, 0.1) is 15.4 Å². The monoisotopic (exact) mass is 351 g/mol. The summed E-state index contributed by atoms with van der Waals surface area (Å²) in [4.78, 5) is 12.7. The molecule has 0 aliphatic heterocycles. The topological polar surface area (TPSA) is 63.2 Å². The molecule has 0 unspecified atom stereocenters. The maximum Gasteiger partial charge on any atom is 0.252 e. The molecule has 3 rings (SSSR count). The van der Waals surface area contributed by atoms with Gasteiger partial charge in [-0.15, -0.1) is 0 Å². The quantitative estimate of drug-likeness (QED) is 0.766. The summed E-state index contributed by atoms with van der Waals surface area (Å²) in [5, 5.41) is 2.78. The summed E-state index contributed by atoms with van der Waals surface area (Å²) in [7, 11) is -3.76. The van der Waals surface area contributed by atoms with Gasteiger partial charge >= 0.3 is 0 Å². The molecule has 0 fully saturated rings. The van der Waals surface area contributed by atoms with Crippen LogP contribution in [0.1, 0.15) is 15.9 Å². The fourth-order valence-corrected chi connectivity index (χ4v) is 3.97. The molecule has 0 aliphatic carbocycles. The van der Waals surface area contributed by atoms with E-state index in [1.165, 1.54) is 24.3 Å². The van der Waals surface area contributed by atoms with Crippen molar-refractivity contribution in [1.82, 2.24) is 5.32 Å². The first-order valence-corrected chi connectivity index (χ1v) is 9.28. The molecule has 0 aliphatic rings. The molecule has 4 nitrogen and oxygen atoms in total. The van der Waals surface area contributed by atoms with Gasteiger partial charge in [0.25, 0.3) is 5.91 Å². The average Bonchev–Trinajstić information content (AvgIpc) is 2.67. The smallest absolute Gasteiger partial charge is 0.252 e. The van der Waals surface area contributed by atoms with Crippen molar-refractivity contribution in [2.45, 2.75) is 16.3 Å². The van der Waals surface area contributed by atoms with Gasteiger partial charge in [-0.3, -0.25) is 4.79 Å². The van der Waals surface area contributed by atoms with E-state index < -0.39 is 15.7 Å². The number of benzene rings is 3. The SMILES string of the molecule is O=C(NCc1ccccc1)c1ccccc1S(=O)(=O)c1ccccc1. The Morgan fingerprint density at radius 1 is 0.760 bits per heavy atom. The average molecular weight is 351 g/mol. The lowest BCUT2D eigenvalue weighted by atomic mass is 10.2. The zero-order chi connectivity index (χ0) is 17.7. The molecular weight excluding hydrogens is 334 g/mol. The predicted molar refractivity (Wildman–Crippen MR) is 95.9 cm³/mol. The second-order valence-electron chi connectivity index (χ2n) is 5.48. The van der Waals surface area contributed by atoms with Crippen LogP contribution in [0.25, 0.3) is 0 Å². The molecule has 0 spiro atoms. The Bertz CT molecular complexity index is 968. The number of carbonyl (C=O) groups excluding carboxylic acids is 1. The van der Waals surface area contributed by atoms with E-state index in [0.29, 0.717) is 6.54 Å². The standard InChI is InChI=1S/C20H17NO3S/c22-20(21-15-16-9-3-1-4-10-16)18-13-7-8-14-19(18)25(23,24)17-11-5-2-6-12-17/h1-14H,15H2,(H,21,22). The molecule has 1 N–H and O–H groups in total. The Balaban J connectivity index is 1.90. The summed E-state index contributed by atoms with van der Waals surface area (Å²) in [6.07, 6.45) is 0. The Morgan fingerprint density at radius 3 is 2.00 bits per heavy atom. The molecule has 0 radical (unpaired) electrons. The van der Waals surface area contributed by atoms with Crippen molar-refractivity contribution in [3.63, 3.8) is 0 Å². The predicted octanol–water partition coefficient (Wildman–Crippen LogP) is 3.45. The lowest BCUT2D eigenvalue weighted by molar-refractivity contribution is 0.0947. The number of rotatable bonds is 5. The van der Waals surface area contributed by atoms with E-state index in [4.69, 9.17) is 0 Å². The number of hydrogen-bond acceptors (Lipinski definition) is 3. The van der Waals surface area contributed by atoms with Crippen molar-refractivity contribution < 1.29 is 13.2 Å². The van der Waals surface area contributed by atoms with E-state index >= 15 is 0 Å². The van der Waals surface area contributed by atoms with Gasteiger partial charge in [-0.1, -0.05) is 60.7 Å². The number of sulfone groups is 1. The van der Waals surface area contributed by atoms with Gasteiger partial charge < -0.3 is 5.32 Å². The number of carbonyl (C=O) groups is 1. The van der Waals surface area contributed by atoms with Crippen molar-refractivity contribution in [2.24, 2.45) is 0 Å². The highest BCUT2D eigenvalue weighted by Crippen LogP contribution is 2.24. The minimum absolute atomic E-state index is 0.00626. The first kappa shape index (κ1) is 16.9. The molecule has 0 atom stereocenters. The lowest BCUT2D eigenvalue weighted by Gasteiger charge is -2.11. The Kier molecular flexibility index (Phi) is 4.95. The number of amides is 1. The van der Waals surface area contributed by atoms with Crippen LogP contribution in [0.4, 0.5) is 0 Å². The summed E-state index contributed by atoms with van der Waals surface area (Å²) < 4.78 is 25.7. The van der Waals surface area contributed by atoms with Crippen molar-refractivity contribution in [2.75, 3.05) is 0 Å². The van der Waals surface area contributed by atoms with Crippen LogP contribution >= 0.6 is 0 Å². The third-order valence-electron chi connectivity index (χ3n) is 3.77. The summed E-state index contributed by atoms with van der Waals surface area (Å²) in [5.74, 6) is -0.418. The molecule has 3 aromatic rings. The molecule has 0 saturated carbocycles. The van der Waals surface area contributed by atoms with Crippen LogP contribution in [-0.4, -0.2) is 14.3 Å². The van der Waals surface area contributed by atoms with Gasteiger partial charge in [0, 0.05) is 6.54 Å². The molecule has 3 aromatic carbocycles. The van der Waals surface area contributed by atoms with Crippen molar-refractivity contribution in [1.29, 1.82) is 0 Å². The molecule has 126 valence electrons.